The molecule has 1 N–H and O–H groups in total. The first-order valence-electron chi connectivity index (χ1n) is 9.89. The summed E-state index contributed by atoms with van der Waals surface area (Å²) in [6.07, 6.45) is -4.58. The zero-order valence-corrected chi connectivity index (χ0v) is 19.2. The summed E-state index contributed by atoms with van der Waals surface area (Å²) in [4.78, 5) is 25.1. The molecule has 0 saturated carbocycles. The molecule has 3 rings (SSSR count). The molecule has 1 heterocycles. The standard InChI is InChI=1S/C22H21F3N4O4S/c1-14-11-18(30)20(27-29(14)17-9-6-8-16(12-17)22(23,24)25)21(31)26-13-15-7-4-5-10-19(15)34(32,33)28(2)3/h4-12H,13H2,1-3H3,(H,26,31). The molecule has 34 heavy (non-hydrogen) atoms. The number of carbonyl (C=O) groups excluding carboxylic acids is 1. The summed E-state index contributed by atoms with van der Waals surface area (Å²) < 4.78 is 66.4. The third-order valence-electron chi connectivity index (χ3n) is 4.91. The van der Waals surface area contributed by atoms with E-state index in [0.717, 1.165) is 27.2 Å². The number of rotatable bonds is 6. The van der Waals surface area contributed by atoms with E-state index in [1.165, 1.54) is 51.4 Å². The molecule has 8 nitrogen and oxygen atoms in total. The summed E-state index contributed by atoms with van der Waals surface area (Å²) in [5, 5.41) is 6.44. The molecule has 0 atom stereocenters. The number of hydrogen-bond acceptors (Lipinski definition) is 5. The number of amides is 1. The highest BCUT2D eigenvalue weighted by Gasteiger charge is 2.30. The van der Waals surface area contributed by atoms with E-state index in [1.54, 1.807) is 6.07 Å². The Hall–Kier alpha value is -3.51. The molecule has 180 valence electrons. The number of halogens is 3. The second-order valence-electron chi connectivity index (χ2n) is 7.54. The zero-order chi connectivity index (χ0) is 25.3. The summed E-state index contributed by atoms with van der Waals surface area (Å²) in [6, 6.07) is 11.4. The Kier molecular flexibility index (Phi) is 6.94. The van der Waals surface area contributed by atoms with Crippen LogP contribution in [0.1, 0.15) is 27.3 Å². The molecule has 0 aliphatic rings. The minimum Gasteiger partial charge on any atom is -0.346 e. The molecule has 2 aromatic carbocycles. The van der Waals surface area contributed by atoms with Crippen LogP contribution in [0.2, 0.25) is 0 Å². The van der Waals surface area contributed by atoms with Crippen LogP contribution in [0.25, 0.3) is 5.69 Å². The molecule has 3 aromatic rings. The van der Waals surface area contributed by atoms with Gasteiger partial charge in [0.1, 0.15) is 0 Å². The summed E-state index contributed by atoms with van der Waals surface area (Å²) in [7, 11) is -1.04. The third-order valence-corrected chi connectivity index (χ3v) is 6.83. The van der Waals surface area contributed by atoms with Crippen molar-refractivity contribution in [3.05, 3.63) is 87.3 Å². The summed E-state index contributed by atoms with van der Waals surface area (Å²) in [6.45, 7) is 1.25. The summed E-state index contributed by atoms with van der Waals surface area (Å²) >= 11 is 0. The Balaban J connectivity index is 1.93. The number of benzene rings is 2. The molecular weight excluding hydrogens is 473 g/mol. The molecule has 0 saturated heterocycles. The van der Waals surface area contributed by atoms with E-state index in [0.29, 0.717) is 0 Å². The topological polar surface area (TPSA) is 101 Å². The predicted octanol–water partition coefficient (Wildman–Crippen LogP) is 2.74. The number of sulfonamides is 1. The number of hydrogen-bond donors (Lipinski definition) is 1. The Bertz CT molecular complexity index is 1400. The van der Waals surface area contributed by atoms with E-state index in [2.05, 4.69) is 10.4 Å². The van der Waals surface area contributed by atoms with Gasteiger partial charge in [-0.05, 0) is 36.8 Å². The highest BCUT2D eigenvalue weighted by atomic mass is 32.2. The molecular formula is C22H21F3N4O4S. The largest absolute Gasteiger partial charge is 0.416 e. The van der Waals surface area contributed by atoms with Crippen molar-refractivity contribution < 1.29 is 26.4 Å². The minimum absolute atomic E-state index is 0.0152. The maximum atomic E-state index is 13.1. The molecule has 0 aliphatic carbocycles. The van der Waals surface area contributed by atoms with Gasteiger partial charge in [-0.1, -0.05) is 24.3 Å². The van der Waals surface area contributed by atoms with Gasteiger partial charge in [-0.2, -0.15) is 18.3 Å². The number of aromatic nitrogens is 2. The van der Waals surface area contributed by atoms with Gasteiger partial charge in [0, 0.05) is 32.4 Å². The SMILES string of the molecule is Cc1cc(=O)c(C(=O)NCc2ccccc2S(=O)(=O)N(C)C)nn1-c1cccc(C(F)(F)F)c1. The maximum Gasteiger partial charge on any atom is 0.416 e. The van der Waals surface area contributed by atoms with Gasteiger partial charge in [0.25, 0.3) is 5.91 Å². The lowest BCUT2D eigenvalue weighted by molar-refractivity contribution is -0.137. The predicted molar refractivity (Wildman–Crippen MR) is 118 cm³/mol. The molecule has 12 heteroatoms. The van der Waals surface area contributed by atoms with Crippen LogP contribution in [0, 0.1) is 6.92 Å². The summed E-state index contributed by atoms with van der Waals surface area (Å²) in [5.41, 5.74) is -1.65. The molecule has 1 aromatic heterocycles. The van der Waals surface area contributed by atoms with Crippen molar-refractivity contribution in [3.8, 4) is 5.69 Å². The summed E-state index contributed by atoms with van der Waals surface area (Å²) in [5.74, 6) is -0.900. The van der Waals surface area contributed by atoms with Crippen LogP contribution in [0.3, 0.4) is 0 Å². The Morgan fingerprint density at radius 2 is 1.76 bits per heavy atom. The quantitative estimate of drug-likeness (QED) is 0.568. The Morgan fingerprint density at radius 3 is 2.41 bits per heavy atom. The number of nitrogens with zero attached hydrogens (tertiary/aromatic N) is 3. The third kappa shape index (κ3) is 5.18. The van der Waals surface area contributed by atoms with E-state index >= 15 is 0 Å². The van der Waals surface area contributed by atoms with Crippen molar-refractivity contribution in [1.82, 2.24) is 19.4 Å². The van der Waals surface area contributed by atoms with Gasteiger partial charge in [0.15, 0.2) is 5.69 Å². The van der Waals surface area contributed by atoms with Crippen molar-refractivity contribution in [1.29, 1.82) is 0 Å². The highest BCUT2D eigenvalue weighted by Crippen LogP contribution is 2.30. The van der Waals surface area contributed by atoms with Crippen LogP contribution in [-0.4, -0.2) is 42.5 Å². The van der Waals surface area contributed by atoms with Gasteiger partial charge in [0.2, 0.25) is 15.5 Å². The van der Waals surface area contributed by atoms with E-state index < -0.39 is 38.8 Å². The van der Waals surface area contributed by atoms with E-state index in [1.807, 2.05) is 0 Å². The molecule has 0 radical (unpaired) electrons. The van der Waals surface area contributed by atoms with Crippen molar-refractivity contribution in [3.63, 3.8) is 0 Å². The molecule has 0 spiro atoms. The van der Waals surface area contributed by atoms with Gasteiger partial charge >= 0.3 is 6.18 Å². The van der Waals surface area contributed by atoms with Crippen LogP contribution in [0.15, 0.2) is 64.3 Å². The number of aryl methyl sites for hydroxylation is 1. The van der Waals surface area contributed by atoms with Crippen molar-refractivity contribution in [2.45, 2.75) is 24.5 Å². The Labute approximate surface area is 193 Å². The first kappa shape index (κ1) is 25.1. The van der Waals surface area contributed by atoms with Crippen LogP contribution in [0.5, 0.6) is 0 Å². The lowest BCUT2D eigenvalue weighted by atomic mass is 10.2. The Morgan fingerprint density at radius 1 is 1.09 bits per heavy atom. The molecule has 0 fully saturated rings. The zero-order valence-electron chi connectivity index (χ0n) is 18.4. The smallest absolute Gasteiger partial charge is 0.346 e. The fraction of sp³-hybridized carbons (Fsp3) is 0.227. The molecule has 0 bridgehead atoms. The van der Waals surface area contributed by atoms with E-state index in [9.17, 15) is 31.2 Å². The van der Waals surface area contributed by atoms with Crippen LogP contribution in [-0.2, 0) is 22.7 Å². The molecule has 0 aliphatic heterocycles. The normalized spacial score (nSPS) is 12.1. The molecule has 0 unspecified atom stereocenters. The lowest BCUT2D eigenvalue weighted by Crippen LogP contribution is -2.32. The van der Waals surface area contributed by atoms with Gasteiger partial charge in [-0.25, -0.2) is 17.4 Å². The van der Waals surface area contributed by atoms with Gasteiger partial charge < -0.3 is 5.32 Å². The van der Waals surface area contributed by atoms with Crippen LogP contribution >= 0.6 is 0 Å². The first-order chi connectivity index (χ1) is 15.8. The van der Waals surface area contributed by atoms with Gasteiger partial charge in [-0.15, -0.1) is 0 Å². The fourth-order valence-electron chi connectivity index (χ4n) is 3.14. The number of nitrogens with one attached hydrogen (secondary N) is 1. The van der Waals surface area contributed by atoms with Crippen molar-refractivity contribution >= 4 is 15.9 Å². The van der Waals surface area contributed by atoms with E-state index in [-0.39, 0.29) is 28.4 Å². The lowest BCUT2D eigenvalue weighted by Gasteiger charge is -2.16. The molecule has 1 amide bonds. The number of carbonyl (C=O) groups is 1. The average Bonchev–Trinajstić information content (AvgIpc) is 2.77. The average molecular weight is 494 g/mol. The first-order valence-corrected chi connectivity index (χ1v) is 11.3. The van der Waals surface area contributed by atoms with Crippen molar-refractivity contribution in [2.24, 2.45) is 0 Å². The fourth-order valence-corrected chi connectivity index (χ4v) is 4.25. The monoisotopic (exact) mass is 494 g/mol. The van der Waals surface area contributed by atoms with Crippen molar-refractivity contribution in [2.75, 3.05) is 14.1 Å². The minimum atomic E-state index is -4.58. The highest BCUT2D eigenvalue weighted by molar-refractivity contribution is 7.89. The second-order valence-corrected chi connectivity index (χ2v) is 9.66. The maximum absolute atomic E-state index is 13.1. The van der Waals surface area contributed by atoms with Gasteiger partial charge in [0.05, 0.1) is 16.1 Å². The van der Waals surface area contributed by atoms with Crippen LogP contribution < -0.4 is 10.7 Å². The number of alkyl halides is 3. The van der Waals surface area contributed by atoms with Gasteiger partial charge in [-0.3, -0.25) is 9.59 Å². The van der Waals surface area contributed by atoms with Crippen LogP contribution in [0.4, 0.5) is 13.2 Å². The van der Waals surface area contributed by atoms with E-state index in [4.69, 9.17) is 0 Å². The second kappa shape index (κ2) is 9.39.